The van der Waals surface area contributed by atoms with Crippen molar-refractivity contribution in [2.45, 2.75) is 33.7 Å². The van der Waals surface area contributed by atoms with E-state index in [9.17, 15) is 9.59 Å². The van der Waals surface area contributed by atoms with Crippen LogP contribution in [0.2, 0.25) is 0 Å². The highest BCUT2D eigenvalue weighted by Gasteiger charge is 2.29. The molecule has 0 spiro atoms. The molecule has 3 aromatic heterocycles. The number of fused-ring (bicyclic) bond motifs is 2. The van der Waals surface area contributed by atoms with E-state index in [-0.39, 0.29) is 11.9 Å². The first-order valence-corrected chi connectivity index (χ1v) is 10.5. The normalized spacial score (nSPS) is 14.1. The van der Waals surface area contributed by atoms with Gasteiger partial charge in [-0.15, -0.1) is 11.3 Å². The number of imidazole rings is 1. The van der Waals surface area contributed by atoms with Crippen molar-refractivity contribution in [2.75, 3.05) is 25.5 Å². The van der Waals surface area contributed by atoms with Gasteiger partial charge in [0.15, 0.2) is 0 Å². The molecule has 0 fully saturated rings. The van der Waals surface area contributed by atoms with Crippen molar-refractivity contribution >= 4 is 33.9 Å². The Morgan fingerprint density at radius 1 is 1.34 bits per heavy atom. The molecule has 8 heteroatoms. The number of aryl methyl sites for hydroxylation is 2. The number of hydrogen-bond acceptors (Lipinski definition) is 6. The van der Waals surface area contributed by atoms with Crippen LogP contribution in [0.15, 0.2) is 18.3 Å². The van der Waals surface area contributed by atoms with Gasteiger partial charge >= 0.3 is 5.97 Å². The standard InChI is InChI=1S/C21H24N4O3S/c1-5-28-21(27)16-14-8-10-24(4)11-15(14)29-20(16)23-19(26)17-13(3)22-18-12(2)7-6-9-25(17)18/h6-7,9H,5,8,10-11H2,1-4H3,(H,23,26). The first-order valence-electron chi connectivity index (χ1n) is 9.66. The molecule has 3 aromatic rings. The van der Waals surface area contributed by atoms with Crippen molar-refractivity contribution in [3.05, 3.63) is 51.3 Å². The third-order valence-corrected chi connectivity index (χ3v) is 6.32. The van der Waals surface area contributed by atoms with E-state index in [1.54, 1.807) is 11.3 Å². The molecule has 0 aromatic carbocycles. The van der Waals surface area contributed by atoms with Gasteiger partial charge in [0.05, 0.1) is 17.9 Å². The van der Waals surface area contributed by atoms with E-state index in [2.05, 4.69) is 22.2 Å². The second kappa shape index (κ2) is 7.61. The number of nitrogens with one attached hydrogen (secondary N) is 1. The Labute approximate surface area is 173 Å². The van der Waals surface area contributed by atoms with Gasteiger partial charge < -0.3 is 15.0 Å². The third-order valence-electron chi connectivity index (χ3n) is 5.19. The lowest BCUT2D eigenvalue weighted by atomic mass is 10.0. The number of hydrogen-bond donors (Lipinski definition) is 1. The summed E-state index contributed by atoms with van der Waals surface area (Å²) >= 11 is 1.46. The largest absolute Gasteiger partial charge is 0.462 e. The highest BCUT2D eigenvalue weighted by atomic mass is 32.1. The van der Waals surface area contributed by atoms with Crippen molar-refractivity contribution in [1.82, 2.24) is 14.3 Å². The molecule has 1 N–H and O–H groups in total. The van der Waals surface area contributed by atoms with Gasteiger partial charge in [0.1, 0.15) is 16.3 Å². The minimum atomic E-state index is -0.379. The highest BCUT2D eigenvalue weighted by molar-refractivity contribution is 7.17. The van der Waals surface area contributed by atoms with Crippen molar-refractivity contribution in [1.29, 1.82) is 0 Å². The van der Waals surface area contributed by atoms with Crippen molar-refractivity contribution in [2.24, 2.45) is 0 Å². The summed E-state index contributed by atoms with van der Waals surface area (Å²) in [5, 5.41) is 3.53. The Balaban J connectivity index is 1.75. The fourth-order valence-corrected chi connectivity index (χ4v) is 5.10. The maximum absolute atomic E-state index is 13.2. The van der Waals surface area contributed by atoms with E-state index in [1.165, 1.54) is 11.3 Å². The number of carbonyl (C=O) groups is 2. The SMILES string of the molecule is CCOC(=O)c1c(NC(=O)c2c(C)nc3c(C)cccn23)sc2c1CCN(C)C2. The van der Waals surface area contributed by atoms with Crippen LogP contribution >= 0.6 is 11.3 Å². The molecule has 29 heavy (non-hydrogen) atoms. The van der Waals surface area contributed by atoms with Gasteiger partial charge in [0, 0.05) is 24.2 Å². The Bertz CT molecular complexity index is 1120. The molecule has 0 radical (unpaired) electrons. The quantitative estimate of drug-likeness (QED) is 0.665. The van der Waals surface area contributed by atoms with Crippen LogP contribution in [-0.2, 0) is 17.7 Å². The molecule has 1 aliphatic rings. The van der Waals surface area contributed by atoms with Crippen LogP contribution in [-0.4, -0.2) is 46.4 Å². The number of anilines is 1. The summed E-state index contributed by atoms with van der Waals surface area (Å²) in [4.78, 5) is 33.7. The van der Waals surface area contributed by atoms with Gasteiger partial charge in [-0.2, -0.15) is 0 Å². The van der Waals surface area contributed by atoms with Gasteiger partial charge in [0.25, 0.3) is 5.91 Å². The molecule has 0 atom stereocenters. The number of thiophene rings is 1. The summed E-state index contributed by atoms with van der Waals surface area (Å²) in [6.07, 6.45) is 2.60. The Morgan fingerprint density at radius 2 is 2.14 bits per heavy atom. The molecule has 0 saturated heterocycles. The predicted molar refractivity (Wildman–Crippen MR) is 113 cm³/mol. The van der Waals surface area contributed by atoms with Crippen molar-refractivity contribution in [3.63, 3.8) is 0 Å². The molecule has 4 rings (SSSR count). The average molecular weight is 413 g/mol. The number of amides is 1. The maximum Gasteiger partial charge on any atom is 0.341 e. The summed E-state index contributed by atoms with van der Waals surface area (Å²) in [7, 11) is 2.05. The lowest BCUT2D eigenvalue weighted by Gasteiger charge is -2.22. The second-order valence-corrected chi connectivity index (χ2v) is 8.41. The summed E-state index contributed by atoms with van der Waals surface area (Å²) in [5.74, 6) is -0.659. The lowest BCUT2D eigenvalue weighted by Crippen LogP contribution is -2.26. The molecule has 0 unspecified atom stereocenters. The number of pyridine rings is 1. The summed E-state index contributed by atoms with van der Waals surface area (Å²) < 4.78 is 7.08. The molecule has 0 saturated carbocycles. The number of aromatic nitrogens is 2. The lowest BCUT2D eigenvalue weighted by molar-refractivity contribution is 0.0526. The molecule has 1 aliphatic heterocycles. The van der Waals surface area contributed by atoms with Gasteiger partial charge in [-0.1, -0.05) is 6.07 Å². The van der Waals surface area contributed by atoms with Crippen LogP contribution in [0.4, 0.5) is 5.00 Å². The van der Waals surface area contributed by atoms with Gasteiger partial charge in [0.2, 0.25) is 0 Å². The van der Waals surface area contributed by atoms with E-state index in [1.807, 2.05) is 32.2 Å². The van der Waals surface area contributed by atoms with Crippen molar-refractivity contribution < 1.29 is 14.3 Å². The topological polar surface area (TPSA) is 75.9 Å². The van der Waals surface area contributed by atoms with Crippen LogP contribution in [0.5, 0.6) is 0 Å². The van der Waals surface area contributed by atoms with Crippen LogP contribution in [0.1, 0.15) is 49.5 Å². The maximum atomic E-state index is 13.2. The summed E-state index contributed by atoms with van der Waals surface area (Å²) in [6.45, 7) is 7.49. The zero-order valence-corrected chi connectivity index (χ0v) is 17.9. The number of rotatable bonds is 4. The number of ether oxygens (including phenoxy) is 1. The molecule has 1 amide bonds. The van der Waals surface area contributed by atoms with Crippen LogP contribution < -0.4 is 5.32 Å². The third kappa shape index (κ3) is 3.42. The van der Waals surface area contributed by atoms with Crippen LogP contribution in [0, 0.1) is 13.8 Å². The summed E-state index contributed by atoms with van der Waals surface area (Å²) in [6, 6.07) is 3.86. The number of esters is 1. The smallest absolute Gasteiger partial charge is 0.341 e. The van der Waals surface area contributed by atoms with Crippen LogP contribution in [0.25, 0.3) is 5.65 Å². The van der Waals surface area contributed by atoms with Crippen LogP contribution in [0.3, 0.4) is 0 Å². The Kier molecular flexibility index (Phi) is 5.14. The highest BCUT2D eigenvalue weighted by Crippen LogP contribution is 2.37. The zero-order valence-electron chi connectivity index (χ0n) is 17.0. The molecule has 4 heterocycles. The van der Waals surface area contributed by atoms with Gasteiger partial charge in [-0.3, -0.25) is 9.20 Å². The Morgan fingerprint density at radius 3 is 2.90 bits per heavy atom. The van der Waals surface area contributed by atoms with Gasteiger partial charge in [-0.05, 0) is 51.4 Å². The molecular weight excluding hydrogens is 388 g/mol. The molecule has 7 nitrogen and oxygen atoms in total. The molecular formula is C21H24N4O3S. The summed E-state index contributed by atoms with van der Waals surface area (Å²) in [5.41, 5.74) is 4.37. The average Bonchev–Trinajstić information content (AvgIpc) is 3.19. The first-order chi connectivity index (χ1) is 13.9. The van der Waals surface area contributed by atoms with E-state index < -0.39 is 0 Å². The first kappa shape index (κ1) is 19.6. The number of carbonyl (C=O) groups excluding carboxylic acids is 2. The predicted octanol–water partition coefficient (Wildman–Crippen LogP) is 3.43. The van der Waals surface area contributed by atoms with E-state index in [4.69, 9.17) is 4.74 Å². The molecule has 0 aliphatic carbocycles. The fraction of sp³-hybridized carbons (Fsp3) is 0.381. The molecule has 152 valence electrons. The number of likely N-dealkylation sites (N-methyl/N-ethyl adjacent to an activating group) is 1. The van der Waals surface area contributed by atoms with E-state index >= 15 is 0 Å². The van der Waals surface area contributed by atoms with E-state index in [0.29, 0.717) is 28.6 Å². The van der Waals surface area contributed by atoms with Crippen molar-refractivity contribution in [3.8, 4) is 0 Å². The zero-order chi connectivity index (χ0) is 20.7. The van der Waals surface area contributed by atoms with Gasteiger partial charge in [-0.25, -0.2) is 9.78 Å². The molecule has 0 bridgehead atoms. The minimum Gasteiger partial charge on any atom is -0.462 e. The number of nitrogens with zero attached hydrogens (tertiary/aromatic N) is 3. The fourth-order valence-electron chi connectivity index (χ4n) is 3.79. The monoisotopic (exact) mass is 412 g/mol. The minimum absolute atomic E-state index is 0.280. The second-order valence-electron chi connectivity index (χ2n) is 7.30. The van der Waals surface area contributed by atoms with E-state index in [0.717, 1.165) is 41.2 Å². The Hall–Kier alpha value is -2.71.